The summed E-state index contributed by atoms with van der Waals surface area (Å²) >= 11 is 0. The zero-order valence-electron chi connectivity index (χ0n) is 11.1. The van der Waals surface area contributed by atoms with Crippen molar-refractivity contribution in [3.8, 4) is 5.75 Å². The maximum absolute atomic E-state index is 13.7. The lowest BCUT2D eigenvalue weighted by molar-refractivity contribution is -0.386. The Morgan fingerprint density at radius 1 is 1.53 bits per heavy atom. The molecule has 1 aliphatic rings. The Morgan fingerprint density at radius 2 is 2.21 bits per heavy atom. The third-order valence-corrected chi connectivity index (χ3v) is 3.93. The standard InChI is InChI=1S/C13H17FN2O3/c1-13(2)10(15-3)7-11(13)19-12-8(14)5-4-6-9(12)16(17)18/h4-6,10-11,15H,7H2,1-3H3. The molecule has 0 saturated heterocycles. The first kappa shape index (κ1) is 13.7. The van der Waals surface area contributed by atoms with Gasteiger partial charge in [0.25, 0.3) is 0 Å². The van der Waals surface area contributed by atoms with Gasteiger partial charge in [-0.1, -0.05) is 19.9 Å². The van der Waals surface area contributed by atoms with E-state index >= 15 is 0 Å². The lowest BCUT2D eigenvalue weighted by Gasteiger charge is -2.51. The second-order valence-electron chi connectivity index (χ2n) is 5.35. The molecule has 0 amide bonds. The van der Waals surface area contributed by atoms with E-state index in [2.05, 4.69) is 5.32 Å². The molecule has 19 heavy (non-hydrogen) atoms. The van der Waals surface area contributed by atoms with Crippen molar-refractivity contribution < 1.29 is 14.1 Å². The van der Waals surface area contributed by atoms with Gasteiger partial charge in [0.2, 0.25) is 5.75 Å². The van der Waals surface area contributed by atoms with Crippen molar-refractivity contribution >= 4 is 5.69 Å². The molecule has 1 aromatic rings. The van der Waals surface area contributed by atoms with Crippen molar-refractivity contribution in [1.82, 2.24) is 5.32 Å². The van der Waals surface area contributed by atoms with E-state index in [0.717, 1.165) is 0 Å². The molecule has 1 N–H and O–H groups in total. The topological polar surface area (TPSA) is 64.4 Å². The van der Waals surface area contributed by atoms with Crippen LogP contribution in [0.4, 0.5) is 10.1 Å². The number of rotatable bonds is 4. The summed E-state index contributed by atoms with van der Waals surface area (Å²) in [5.41, 5.74) is -0.519. The first-order chi connectivity index (χ1) is 8.87. The fourth-order valence-electron chi connectivity index (χ4n) is 2.48. The van der Waals surface area contributed by atoms with Crippen LogP contribution in [-0.2, 0) is 0 Å². The molecule has 1 fully saturated rings. The van der Waals surface area contributed by atoms with Crippen LogP contribution in [0.2, 0.25) is 0 Å². The number of hydrogen-bond donors (Lipinski definition) is 1. The molecule has 1 aromatic carbocycles. The van der Waals surface area contributed by atoms with E-state index in [1.54, 1.807) is 0 Å². The molecule has 1 saturated carbocycles. The first-order valence-corrected chi connectivity index (χ1v) is 6.14. The van der Waals surface area contributed by atoms with Crippen molar-refractivity contribution in [1.29, 1.82) is 0 Å². The summed E-state index contributed by atoms with van der Waals surface area (Å²) < 4.78 is 19.3. The highest BCUT2D eigenvalue weighted by Gasteiger charge is 2.50. The molecule has 5 nitrogen and oxygen atoms in total. The van der Waals surface area contributed by atoms with Gasteiger partial charge in [-0.25, -0.2) is 4.39 Å². The van der Waals surface area contributed by atoms with Crippen LogP contribution < -0.4 is 10.1 Å². The van der Waals surface area contributed by atoms with Gasteiger partial charge in [-0.05, 0) is 13.1 Å². The van der Waals surface area contributed by atoms with Crippen molar-refractivity contribution in [3.63, 3.8) is 0 Å². The summed E-state index contributed by atoms with van der Waals surface area (Å²) in [7, 11) is 1.86. The molecule has 2 rings (SSSR count). The van der Waals surface area contributed by atoms with Gasteiger partial charge in [-0.3, -0.25) is 10.1 Å². The zero-order chi connectivity index (χ0) is 14.2. The van der Waals surface area contributed by atoms with Crippen molar-refractivity contribution in [3.05, 3.63) is 34.1 Å². The van der Waals surface area contributed by atoms with Crippen LogP contribution in [0.25, 0.3) is 0 Å². The Balaban J connectivity index is 2.24. The quantitative estimate of drug-likeness (QED) is 0.673. The van der Waals surface area contributed by atoms with E-state index in [1.807, 2.05) is 20.9 Å². The molecule has 1 aliphatic carbocycles. The predicted octanol–water partition coefficient (Wildman–Crippen LogP) is 2.50. The molecule has 0 spiro atoms. The van der Waals surface area contributed by atoms with Crippen molar-refractivity contribution in [2.45, 2.75) is 32.4 Å². The number of nitrogens with zero attached hydrogens (tertiary/aromatic N) is 1. The number of nitrogens with one attached hydrogen (secondary N) is 1. The maximum atomic E-state index is 13.7. The summed E-state index contributed by atoms with van der Waals surface area (Å²) in [6.07, 6.45) is 0.468. The van der Waals surface area contributed by atoms with E-state index in [4.69, 9.17) is 4.74 Å². The van der Waals surface area contributed by atoms with E-state index in [0.29, 0.717) is 6.42 Å². The summed E-state index contributed by atoms with van der Waals surface area (Å²) in [4.78, 5) is 10.3. The predicted molar refractivity (Wildman–Crippen MR) is 68.7 cm³/mol. The lowest BCUT2D eigenvalue weighted by atomic mass is 9.64. The Hall–Kier alpha value is -1.69. The molecule has 2 atom stereocenters. The summed E-state index contributed by atoms with van der Waals surface area (Å²) in [6.45, 7) is 3.99. The minimum atomic E-state index is -0.696. The molecule has 0 radical (unpaired) electrons. The minimum absolute atomic E-state index is 0.190. The highest BCUT2D eigenvalue weighted by Crippen LogP contribution is 2.44. The van der Waals surface area contributed by atoms with E-state index in [-0.39, 0.29) is 29.0 Å². The molecule has 0 aliphatic heterocycles. The van der Waals surface area contributed by atoms with Crippen LogP contribution >= 0.6 is 0 Å². The van der Waals surface area contributed by atoms with E-state index in [1.165, 1.54) is 18.2 Å². The number of nitro benzene ring substituents is 1. The fraction of sp³-hybridized carbons (Fsp3) is 0.538. The highest BCUT2D eigenvalue weighted by molar-refractivity contribution is 5.47. The lowest BCUT2D eigenvalue weighted by Crippen LogP contribution is -2.61. The molecule has 0 aromatic heterocycles. The maximum Gasteiger partial charge on any atom is 0.314 e. The Morgan fingerprint density at radius 3 is 2.74 bits per heavy atom. The molecule has 0 bridgehead atoms. The first-order valence-electron chi connectivity index (χ1n) is 6.14. The van der Waals surface area contributed by atoms with E-state index in [9.17, 15) is 14.5 Å². The number of ether oxygens (including phenoxy) is 1. The summed E-state index contributed by atoms with van der Waals surface area (Å²) in [5, 5.41) is 14.0. The second-order valence-corrected chi connectivity index (χ2v) is 5.35. The summed E-state index contributed by atoms with van der Waals surface area (Å²) in [6, 6.07) is 3.99. The van der Waals surface area contributed by atoms with Crippen LogP contribution in [-0.4, -0.2) is 24.1 Å². The van der Waals surface area contributed by atoms with Gasteiger partial charge < -0.3 is 10.1 Å². The third kappa shape index (κ3) is 2.28. The van der Waals surface area contributed by atoms with Crippen LogP contribution in [0.3, 0.4) is 0 Å². The van der Waals surface area contributed by atoms with Gasteiger partial charge in [-0.2, -0.15) is 0 Å². The zero-order valence-corrected chi connectivity index (χ0v) is 11.1. The van der Waals surface area contributed by atoms with Gasteiger partial charge in [0.1, 0.15) is 6.10 Å². The van der Waals surface area contributed by atoms with Gasteiger partial charge >= 0.3 is 5.69 Å². The van der Waals surface area contributed by atoms with Crippen molar-refractivity contribution in [2.75, 3.05) is 7.05 Å². The van der Waals surface area contributed by atoms with E-state index < -0.39 is 10.7 Å². The molecular weight excluding hydrogens is 251 g/mol. The monoisotopic (exact) mass is 268 g/mol. The summed E-state index contributed by atoms with van der Waals surface area (Å²) in [5.74, 6) is -0.960. The normalized spacial score (nSPS) is 24.6. The van der Waals surface area contributed by atoms with Gasteiger partial charge in [0.05, 0.1) is 4.92 Å². The minimum Gasteiger partial charge on any atom is -0.481 e. The third-order valence-electron chi connectivity index (χ3n) is 3.93. The highest BCUT2D eigenvalue weighted by atomic mass is 19.1. The van der Waals surface area contributed by atoms with Crippen LogP contribution in [0.5, 0.6) is 5.75 Å². The second kappa shape index (κ2) is 4.77. The Kier molecular flexibility index (Phi) is 3.45. The molecule has 6 heteroatoms. The SMILES string of the molecule is CNC1CC(Oc2c(F)cccc2[N+](=O)[O-])C1(C)C. The van der Waals surface area contributed by atoms with Crippen molar-refractivity contribution in [2.24, 2.45) is 5.41 Å². The Labute approximate surface area is 110 Å². The average Bonchev–Trinajstić information content (AvgIpc) is 2.34. The van der Waals surface area contributed by atoms with Gasteiger partial charge in [0.15, 0.2) is 5.82 Å². The number of para-hydroxylation sites is 1. The smallest absolute Gasteiger partial charge is 0.314 e. The van der Waals surface area contributed by atoms with Gasteiger partial charge in [0, 0.05) is 23.9 Å². The van der Waals surface area contributed by atoms with Crippen LogP contribution in [0.15, 0.2) is 18.2 Å². The van der Waals surface area contributed by atoms with Crippen LogP contribution in [0, 0.1) is 21.3 Å². The number of nitro groups is 1. The van der Waals surface area contributed by atoms with Crippen LogP contribution in [0.1, 0.15) is 20.3 Å². The molecule has 2 unspecified atom stereocenters. The van der Waals surface area contributed by atoms with Gasteiger partial charge in [-0.15, -0.1) is 0 Å². The number of benzene rings is 1. The average molecular weight is 268 g/mol. The largest absolute Gasteiger partial charge is 0.481 e. The number of hydrogen-bond acceptors (Lipinski definition) is 4. The Bertz CT molecular complexity index is 505. The molecule has 104 valence electrons. The molecular formula is C13H17FN2O3. The molecule has 0 heterocycles. The number of halogens is 1. The fourth-order valence-corrected chi connectivity index (χ4v) is 2.48.